The van der Waals surface area contributed by atoms with E-state index < -0.39 is 12.0 Å². The van der Waals surface area contributed by atoms with E-state index in [1.807, 2.05) is 6.92 Å². The molecule has 0 amide bonds. The molecule has 9 heteroatoms. The summed E-state index contributed by atoms with van der Waals surface area (Å²) in [5.41, 5.74) is 0.235. The standard InChI is InChI=1S/C13H10F3N5S/c1-2-9-18-12(21-20-9)22-10-7-5-3-4-6-8(7)17-11(19-10)13(14,15)16/h3-6H,2H2,1H3,(H,18,20,21). The highest BCUT2D eigenvalue weighted by Gasteiger charge is 2.35. The van der Waals surface area contributed by atoms with E-state index in [0.717, 1.165) is 11.8 Å². The molecule has 0 spiro atoms. The van der Waals surface area contributed by atoms with Crippen molar-refractivity contribution in [2.45, 2.75) is 29.7 Å². The van der Waals surface area contributed by atoms with E-state index in [1.165, 1.54) is 6.07 Å². The topological polar surface area (TPSA) is 67.3 Å². The summed E-state index contributed by atoms with van der Waals surface area (Å²) in [4.78, 5) is 11.4. The van der Waals surface area contributed by atoms with Crippen molar-refractivity contribution in [1.82, 2.24) is 25.1 Å². The molecule has 0 atom stereocenters. The van der Waals surface area contributed by atoms with E-state index in [1.54, 1.807) is 18.2 Å². The van der Waals surface area contributed by atoms with E-state index >= 15 is 0 Å². The van der Waals surface area contributed by atoms with E-state index in [9.17, 15) is 13.2 Å². The van der Waals surface area contributed by atoms with Crippen molar-refractivity contribution in [3.05, 3.63) is 35.9 Å². The fraction of sp³-hybridized carbons (Fsp3) is 0.231. The Kier molecular flexibility index (Phi) is 3.73. The van der Waals surface area contributed by atoms with Gasteiger partial charge in [0.1, 0.15) is 10.9 Å². The van der Waals surface area contributed by atoms with Crippen molar-refractivity contribution < 1.29 is 13.2 Å². The number of alkyl halides is 3. The highest BCUT2D eigenvalue weighted by atomic mass is 32.2. The van der Waals surface area contributed by atoms with Gasteiger partial charge in [-0.05, 0) is 17.8 Å². The van der Waals surface area contributed by atoms with Gasteiger partial charge in [-0.3, -0.25) is 5.10 Å². The Morgan fingerprint density at radius 1 is 1.14 bits per heavy atom. The first-order valence-corrected chi connectivity index (χ1v) is 7.22. The van der Waals surface area contributed by atoms with Gasteiger partial charge in [0, 0.05) is 11.8 Å². The third kappa shape index (κ3) is 2.89. The van der Waals surface area contributed by atoms with Crippen molar-refractivity contribution in [3.63, 3.8) is 0 Å². The summed E-state index contributed by atoms with van der Waals surface area (Å²) in [5.74, 6) is -0.503. The summed E-state index contributed by atoms with van der Waals surface area (Å²) < 4.78 is 38.8. The van der Waals surface area contributed by atoms with Gasteiger partial charge in [-0.2, -0.15) is 13.2 Å². The molecule has 0 saturated heterocycles. The van der Waals surface area contributed by atoms with Crippen LogP contribution >= 0.6 is 11.8 Å². The second-order valence-corrected chi connectivity index (χ2v) is 5.34. The van der Waals surface area contributed by atoms with Gasteiger partial charge in [-0.25, -0.2) is 15.0 Å². The molecular formula is C13H10F3N5S. The van der Waals surface area contributed by atoms with Gasteiger partial charge in [-0.1, -0.05) is 25.1 Å². The molecular weight excluding hydrogens is 315 g/mol. The lowest BCUT2D eigenvalue weighted by Gasteiger charge is -2.09. The minimum Gasteiger partial charge on any atom is -0.262 e. The van der Waals surface area contributed by atoms with Crippen LogP contribution in [0.5, 0.6) is 0 Å². The molecule has 0 saturated carbocycles. The van der Waals surface area contributed by atoms with Crippen molar-refractivity contribution in [2.75, 3.05) is 0 Å². The fourth-order valence-corrected chi connectivity index (χ4v) is 2.65. The quantitative estimate of drug-likeness (QED) is 0.747. The maximum Gasteiger partial charge on any atom is 0.451 e. The summed E-state index contributed by atoms with van der Waals surface area (Å²) in [6.45, 7) is 1.90. The number of aryl methyl sites for hydroxylation is 1. The van der Waals surface area contributed by atoms with Crippen LogP contribution in [0.3, 0.4) is 0 Å². The average molecular weight is 325 g/mol. The third-order valence-electron chi connectivity index (χ3n) is 2.86. The Balaban J connectivity index is 2.10. The zero-order chi connectivity index (χ0) is 15.7. The Bertz CT molecular complexity index is 815. The number of aromatic nitrogens is 5. The molecule has 2 heterocycles. The van der Waals surface area contributed by atoms with Gasteiger partial charge in [0.05, 0.1) is 5.52 Å². The van der Waals surface area contributed by atoms with Gasteiger partial charge in [0.25, 0.3) is 0 Å². The number of para-hydroxylation sites is 1. The van der Waals surface area contributed by atoms with Gasteiger partial charge in [0.2, 0.25) is 11.0 Å². The van der Waals surface area contributed by atoms with Gasteiger partial charge in [0.15, 0.2) is 0 Å². The molecule has 0 radical (unpaired) electrons. The average Bonchev–Trinajstić information content (AvgIpc) is 2.94. The number of fused-ring (bicyclic) bond motifs is 1. The number of H-pyrrole nitrogens is 1. The highest BCUT2D eigenvalue weighted by molar-refractivity contribution is 7.99. The number of rotatable bonds is 3. The SMILES string of the molecule is CCc1nc(Sc2nc(C(F)(F)F)nc3ccccc23)n[nH]1. The van der Waals surface area contributed by atoms with Crippen molar-refractivity contribution >= 4 is 22.7 Å². The van der Waals surface area contributed by atoms with Crippen molar-refractivity contribution in [1.29, 1.82) is 0 Å². The molecule has 2 aromatic heterocycles. The van der Waals surface area contributed by atoms with Crippen LogP contribution in [0.1, 0.15) is 18.6 Å². The molecule has 0 aliphatic heterocycles. The number of hydrogen-bond acceptors (Lipinski definition) is 5. The van der Waals surface area contributed by atoms with Crippen LogP contribution in [0, 0.1) is 0 Å². The molecule has 3 aromatic rings. The summed E-state index contributed by atoms with van der Waals surface area (Å²) in [6.07, 6.45) is -3.95. The Morgan fingerprint density at radius 2 is 1.91 bits per heavy atom. The third-order valence-corrected chi connectivity index (χ3v) is 3.73. The first kappa shape index (κ1) is 14.8. The van der Waals surface area contributed by atoms with E-state index in [-0.39, 0.29) is 10.5 Å². The molecule has 1 N–H and O–H groups in total. The predicted octanol–water partition coefficient (Wildman–Crippen LogP) is 3.48. The molecule has 3 rings (SSSR count). The summed E-state index contributed by atoms with van der Waals surface area (Å²) in [6, 6.07) is 6.54. The molecule has 22 heavy (non-hydrogen) atoms. The normalized spacial score (nSPS) is 12.0. The predicted molar refractivity (Wildman–Crippen MR) is 74.4 cm³/mol. The van der Waals surface area contributed by atoms with Crippen molar-refractivity contribution in [3.8, 4) is 0 Å². The lowest BCUT2D eigenvalue weighted by molar-refractivity contribution is -0.145. The van der Waals surface area contributed by atoms with Gasteiger partial charge >= 0.3 is 6.18 Å². The lowest BCUT2D eigenvalue weighted by Crippen LogP contribution is -2.11. The van der Waals surface area contributed by atoms with Crippen LogP contribution in [0.4, 0.5) is 13.2 Å². The van der Waals surface area contributed by atoms with Gasteiger partial charge < -0.3 is 0 Å². The first-order chi connectivity index (χ1) is 10.5. The molecule has 0 aliphatic carbocycles. The number of halogens is 3. The van der Waals surface area contributed by atoms with Crippen molar-refractivity contribution in [2.24, 2.45) is 0 Å². The Hall–Kier alpha value is -2.16. The number of benzene rings is 1. The van der Waals surface area contributed by atoms with Crippen LogP contribution in [0.15, 0.2) is 34.4 Å². The van der Waals surface area contributed by atoms with Crippen LogP contribution < -0.4 is 0 Å². The number of nitrogens with zero attached hydrogens (tertiary/aromatic N) is 4. The zero-order valence-electron chi connectivity index (χ0n) is 11.3. The maximum absolute atomic E-state index is 12.9. The fourth-order valence-electron chi connectivity index (χ4n) is 1.82. The van der Waals surface area contributed by atoms with Crippen LogP contribution in [0.25, 0.3) is 10.9 Å². The number of nitrogens with one attached hydrogen (secondary N) is 1. The largest absolute Gasteiger partial charge is 0.451 e. The minimum atomic E-state index is -4.60. The van der Waals surface area contributed by atoms with E-state index in [0.29, 0.717) is 22.8 Å². The maximum atomic E-state index is 12.9. The lowest BCUT2D eigenvalue weighted by atomic mass is 10.2. The van der Waals surface area contributed by atoms with E-state index in [2.05, 4.69) is 25.1 Å². The smallest absolute Gasteiger partial charge is 0.262 e. The first-order valence-electron chi connectivity index (χ1n) is 6.40. The van der Waals surface area contributed by atoms with Crippen LogP contribution in [0.2, 0.25) is 0 Å². The zero-order valence-corrected chi connectivity index (χ0v) is 12.2. The summed E-state index contributed by atoms with van der Waals surface area (Å²) in [7, 11) is 0. The second kappa shape index (κ2) is 5.56. The molecule has 5 nitrogen and oxygen atoms in total. The molecule has 0 unspecified atom stereocenters. The molecule has 0 fully saturated rings. The second-order valence-electron chi connectivity index (χ2n) is 4.39. The minimum absolute atomic E-state index is 0.180. The van der Waals surface area contributed by atoms with E-state index in [4.69, 9.17) is 0 Å². The summed E-state index contributed by atoms with van der Waals surface area (Å²) >= 11 is 0.979. The number of hydrogen-bond donors (Lipinski definition) is 1. The molecule has 114 valence electrons. The van der Waals surface area contributed by atoms with Gasteiger partial charge in [-0.15, -0.1) is 5.10 Å². The van der Waals surface area contributed by atoms with Crippen LogP contribution in [-0.4, -0.2) is 25.1 Å². The Morgan fingerprint density at radius 3 is 2.59 bits per heavy atom. The number of aromatic amines is 1. The highest BCUT2D eigenvalue weighted by Crippen LogP contribution is 2.33. The molecule has 0 aliphatic rings. The monoisotopic (exact) mass is 325 g/mol. The molecule has 1 aromatic carbocycles. The van der Waals surface area contributed by atoms with Crippen LogP contribution in [-0.2, 0) is 12.6 Å². The Labute approximate surface area is 127 Å². The molecule has 0 bridgehead atoms. The summed E-state index contributed by atoms with van der Waals surface area (Å²) in [5, 5.41) is 7.73.